The number of carbonyl (C=O) groups excluding carboxylic acids is 1. The van der Waals surface area contributed by atoms with Crippen molar-refractivity contribution in [3.05, 3.63) is 78.6 Å². The van der Waals surface area contributed by atoms with E-state index in [2.05, 4.69) is 20.9 Å². The lowest BCUT2D eigenvalue weighted by molar-refractivity contribution is -0.115. The molecule has 3 N–H and O–H groups in total. The molecule has 1 atom stereocenters. The summed E-state index contributed by atoms with van der Waals surface area (Å²) in [7, 11) is 0. The predicted molar refractivity (Wildman–Crippen MR) is 130 cm³/mol. The molecule has 7 heteroatoms. The maximum absolute atomic E-state index is 12.6. The van der Waals surface area contributed by atoms with Gasteiger partial charge in [-0.15, -0.1) is 11.8 Å². The molecule has 1 heterocycles. The fraction of sp³-hybridized carbons (Fsp3) is 0.174. The number of aromatic nitrogens is 1. The molecule has 30 heavy (non-hydrogen) atoms. The monoisotopic (exact) mass is 436 g/mol. The number of pyridine rings is 1. The molecule has 0 aliphatic carbocycles. The van der Waals surface area contributed by atoms with E-state index in [1.54, 1.807) is 24.5 Å². The molecule has 1 amide bonds. The highest BCUT2D eigenvalue weighted by Crippen LogP contribution is 2.28. The van der Waals surface area contributed by atoms with Gasteiger partial charge in [0.05, 0.1) is 5.25 Å². The molecule has 0 spiro atoms. The van der Waals surface area contributed by atoms with Crippen LogP contribution in [0.5, 0.6) is 0 Å². The Kier molecular flexibility index (Phi) is 7.82. The molecule has 0 fully saturated rings. The third-order valence-electron chi connectivity index (χ3n) is 4.29. The van der Waals surface area contributed by atoms with Gasteiger partial charge in [-0.3, -0.25) is 9.78 Å². The number of carbonyl (C=O) groups is 1. The molecule has 154 valence electrons. The second-order valence-corrected chi connectivity index (χ2v) is 8.40. The number of nitrogens with one attached hydrogen (secondary N) is 3. The number of rotatable bonds is 7. The van der Waals surface area contributed by atoms with Crippen molar-refractivity contribution >= 4 is 52.1 Å². The van der Waals surface area contributed by atoms with Crippen molar-refractivity contribution < 1.29 is 4.79 Å². The molecule has 1 unspecified atom stereocenters. The van der Waals surface area contributed by atoms with Crippen LogP contribution in [-0.2, 0) is 4.79 Å². The number of benzene rings is 2. The van der Waals surface area contributed by atoms with Crippen LogP contribution in [-0.4, -0.2) is 21.3 Å². The van der Waals surface area contributed by atoms with Crippen LogP contribution < -0.4 is 16.0 Å². The first-order valence-corrected chi connectivity index (χ1v) is 10.9. The maximum Gasteiger partial charge on any atom is 0.237 e. The lowest BCUT2D eigenvalue weighted by atomic mass is 10.2. The van der Waals surface area contributed by atoms with Crippen LogP contribution in [0.2, 0.25) is 0 Å². The van der Waals surface area contributed by atoms with Crippen molar-refractivity contribution in [1.82, 2.24) is 4.98 Å². The minimum absolute atomic E-state index is 0.0244. The molecule has 0 saturated carbocycles. The standard InChI is InChI=1S/C23H24N4OS2/c1-3-21(22(28)25-18-11-13-24-14-12-18)30-20-6-4-5-19(15-20)27-23(29)26-17-9-7-16(2)8-10-17/h4-15,21H,3H2,1-2H3,(H,24,25,28)(H2,26,27,29). The first-order chi connectivity index (χ1) is 14.5. The van der Waals surface area contributed by atoms with Gasteiger partial charge in [0, 0.05) is 34.4 Å². The van der Waals surface area contributed by atoms with Crippen LogP contribution in [0.15, 0.2) is 78.0 Å². The number of amides is 1. The first kappa shape index (κ1) is 21.8. The molecular formula is C23H24N4OS2. The second kappa shape index (κ2) is 10.8. The number of nitrogens with zero attached hydrogens (tertiary/aromatic N) is 1. The zero-order valence-corrected chi connectivity index (χ0v) is 18.5. The molecule has 3 rings (SSSR count). The Balaban J connectivity index is 1.60. The lowest BCUT2D eigenvalue weighted by Gasteiger charge is -2.16. The molecule has 0 aliphatic heterocycles. The van der Waals surface area contributed by atoms with Crippen molar-refractivity contribution in [3.8, 4) is 0 Å². The van der Waals surface area contributed by atoms with Crippen LogP contribution in [0, 0.1) is 6.92 Å². The van der Waals surface area contributed by atoms with Gasteiger partial charge in [0.1, 0.15) is 0 Å². The molecule has 3 aromatic rings. The van der Waals surface area contributed by atoms with E-state index in [1.165, 1.54) is 17.3 Å². The highest BCUT2D eigenvalue weighted by molar-refractivity contribution is 8.00. The Morgan fingerprint density at radius 3 is 2.33 bits per heavy atom. The van der Waals surface area contributed by atoms with E-state index in [0.717, 1.165) is 22.0 Å². The summed E-state index contributed by atoms with van der Waals surface area (Å²) in [4.78, 5) is 17.6. The lowest BCUT2D eigenvalue weighted by Crippen LogP contribution is -2.24. The van der Waals surface area contributed by atoms with Crippen LogP contribution >= 0.6 is 24.0 Å². The first-order valence-electron chi connectivity index (χ1n) is 9.66. The van der Waals surface area contributed by atoms with Crippen molar-refractivity contribution in [2.75, 3.05) is 16.0 Å². The van der Waals surface area contributed by atoms with E-state index in [9.17, 15) is 4.79 Å². The highest BCUT2D eigenvalue weighted by Gasteiger charge is 2.18. The SMILES string of the molecule is CCC(Sc1cccc(NC(=S)Nc2ccc(C)cc2)c1)C(=O)Nc1ccncc1. The number of aryl methyl sites for hydroxylation is 1. The summed E-state index contributed by atoms with van der Waals surface area (Å²) < 4.78 is 0. The fourth-order valence-corrected chi connectivity index (χ4v) is 3.97. The summed E-state index contributed by atoms with van der Waals surface area (Å²) >= 11 is 6.95. The van der Waals surface area contributed by atoms with E-state index in [4.69, 9.17) is 12.2 Å². The summed E-state index contributed by atoms with van der Waals surface area (Å²) in [6.07, 6.45) is 4.03. The smallest absolute Gasteiger partial charge is 0.237 e. The third-order valence-corrected chi connectivity index (χ3v) is 5.85. The Hall–Kier alpha value is -2.90. The molecular weight excluding hydrogens is 412 g/mol. The molecule has 1 aromatic heterocycles. The normalized spacial score (nSPS) is 11.4. The van der Waals surface area contributed by atoms with Gasteiger partial charge in [0.25, 0.3) is 0 Å². The molecule has 0 aliphatic rings. The number of thiocarbonyl (C=S) groups is 1. The number of hydrogen-bond donors (Lipinski definition) is 3. The molecule has 5 nitrogen and oxygen atoms in total. The van der Waals surface area contributed by atoms with Gasteiger partial charge in [-0.05, 0) is 68.0 Å². The van der Waals surface area contributed by atoms with E-state index in [-0.39, 0.29) is 11.2 Å². The highest BCUT2D eigenvalue weighted by atomic mass is 32.2. The topological polar surface area (TPSA) is 66.0 Å². The van der Waals surface area contributed by atoms with Crippen molar-refractivity contribution in [2.45, 2.75) is 30.4 Å². The van der Waals surface area contributed by atoms with Crippen LogP contribution in [0.3, 0.4) is 0 Å². The minimum atomic E-state index is -0.203. The minimum Gasteiger partial charge on any atom is -0.332 e. The van der Waals surface area contributed by atoms with Gasteiger partial charge in [0.15, 0.2) is 5.11 Å². The average Bonchev–Trinajstić information content (AvgIpc) is 2.74. The van der Waals surface area contributed by atoms with E-state index >= 15 is 0 Å². The average molecular weight is 437 g/mol. The van der Waals surface area contributed by atoms with Crippen LogP contribution in [0.25, 0.3) is 0 Å². The van der Waals surface area contributed by atoms with Gasteiger partial charge >= 0.3 is 0 Å². The zero-order chi connectivity index (χ0) is 21.3. The van der Waals surface area contributed by atoms with Gasteiger partial charge in [-0.1, -0.05) is 30.7 Å². The largest absolute Gasteiger partial charge is 0.332 e. The van der Waals surface area contributed by atoms with E-state index in [0.29, 0.717) is 11.5 Å². The summed E-state index contributed by atoms with van der Waals surface area (Å²) in [5.41, 5.74) is 3.75. The van der Waals surface area contributed by atoms with Gasteiger partial charge < -0.3 is 16.0 Å². The summed E-state index contributed by atoms with van der Waals surface area (Å²) in [5, 5.41) is 9.64. The second-order valence-electron chi connectivity index (χ2n) is 6.71. The van der Waals surface area contributed by atoms with Gasteiger partial charge in [-0.2, -0.15) is 0 Å². The maximum atomic E-state index is 12.6. The van der Waals surface area contributed by atoms with Crippen molar-refractivity contribution in [3.63, 3.8) is 0 Å². The summed E-state index contributed by atoms with van der Waals surface area (Å²) in [5.74, 6) is -0.0244. The van der Waals surface area contributed by atoms with E-state index < -0.39 is 0 Å². The Labute approximate surface area is 186 Å². The molecule has 2 aromatic carbocycles. The molecule has 0 bridgehead atoms. The summed E-state index contributed by atoms with van der Waals surface area (Å²) in [6.45, 7) is 4.05. The zero-order valence-electron chi connectivity index (χ0n) is 16.9. The molecule has 0 saturated heterocycles. The Morgan fingerprint density at radius 1 is 0.967 bits per heavy atom. The number of hydrogen-bond acceptors (Lipinski definition) is 4. The van der Waals surface area contributed by atoms with Crippen molar-refractivity contribution in [2.24, 2.45) is 0 Å². The summed E-state index contributed by atoms with van der Waals surface area (Å²) in [6, 6.07) is 19.5. The number of anilines is 3. The Bertz CT molecular complexity index is 994. The Morgan fingerprint density at radius 2 is 1.63 bits per heavy atom. The van der Waals surface area contributed by atoms with Crippen LogP contribution in [0.1, 0.15) is 18.9 Å². The third kappa shape index (κ3) is 6.57. The molecule has 0 radical (unpaired) electrons. The predicted octanol–water partition coefficient (Wildman–Crippen LogP) is 5.71. The van der Waals surface area contributed by atoms with Crippen LogP contribution in [0.4, 0.5) is 17.1 Å². The van der Waals surface area contributed by atoms with Gasteiger partial charge in [-0.25, -0.2) is 0 Å². The van der Waals surface area contributed by atoms with Gasteiger partial charge in [0.2, 0.25) is 5.91 Å². The van der Waals surface area contributed by atoms with Crippen molar-refractivity contribution in [1.29, 1.82) is 0 Å². The van der Waals surface area contributed by atoms with E-state index in [1.807, 2.05) is 62.4 Å². The fourth-order valence-electron chi connectivity index (χ4n) is 2.72. The quantitative estimate of drug-likeness (QED) is 0.326. The number of thioether (sulfide) groups is 1.